The van der Waals surface area contributed by atoms with Crippen molar-refractivity contribution in [2.75, 3.05) is 19.0 Å². The minimum atomic E-state index is -0.00624. The van der Waals surface area contributed by atoms with Gasteiger partial charge in [0.05, 0.1) is 6.61 Å². The van der Waals surface area contributed by atoms with Gasteiger partial charge in [-0.25, -0.2) is 9.97 Å². The Balaban J connectivity index is 2.83. The fraction of sp³-hybridized carbons (Fsp3) is 0.429. The second kappa shape index (κ2) is 3.30. The first-order valence-electron chi connectivity index (χ1n) is 3.33. The molecular formula is C7H11N3O. The topological polar surface area (TPSA) is 49.2 Å². The van der Waals surface area contributed by atoms with Gasteiger partial charge < -0.3 is 10.0 Å². The molecule has 1 N–H and O–H groups in total. The molecule has 0 saturated carbocycles. The Morgan fingerprint density at radius 3 is 2.27 bits per heavy atom. The average Bonchev–Trinajstić information content (AvgIpc) is 2.05. The molecule has 0 aliphatic rings. The van der Waals surface area contributed by atoms with Crippen LogP contribution in [0.1, 0.15) is 5.56 Å². The third-order valence-electron chi connectivity index (χ3n) is 1.27. The van der Waals surface area contributed by atoms with Crippen LogP contribution in [0.4, 0.5) is 5.95 Å². The lowest BCUT2D eigenvalue weighted by Crippen LogP contribution is -2.12. The van der Waals surface area contributed by atoms with Crippen molar-refractivity contribution in [3.05, 3.63) is 18.0 Å². The van der Waals surface area contributed by atoms with E-state index in [1.807, 2.05) is 14.1 Å². The van der Waals surface area contributed by atoms with Crippen LogP contribution in [0.15, 0.2) is 12.4 Å². The summed E-state index contributed by atoms with van der Waals surface area (Å²) < 4.78 is 0. The van der Waals surface area contributed by atoms with E-state index in [-0.39, 0.29) is 6.61 Å². The molecule has 1 rings (SSSR count). The molecule has 0 fully saturated rings. The minimum absolute atomic E-state index is 0.00624. The number of hydrogen-bond acceptors (Lipinski definition) is 4. The van der Waals surface area contributed by atoms with Gasteiger partial charge in [0.25, 0.3) is 0 Å². The summed E-state index contributed by atoms with van der Waals surface area (Å²) in [6.07, 6.45) is 3.23. The van der Waals surface area contributed by atoms with Crippen molar-refractivity contribution in [2.24, 2.45) is 0 Å². The van der Waals surface area contributed by atoms with Crippen LogP contribution < -0.4 is 4.90 Å². The first-order valence-corrected chi connectivity index (χ1v) is 3.33. The summed E-state index contributed by atoms with van der Waals surface area (Å²) in [6.45, 7) is -0.00624. The molecular weight excluding hydrogens is 142 g/mol. The number of nitrogens with zero attached hydrogens (tertiary/aromatic N) is 3. The molecule has 0 unspecified atom stereocenters. The molecule has 60 valence electrons. The van der Waals surface area contributed by atoms with Gasteiger partial charge in [0, 0.05) is 32.1 Å². The summed E-state index contributed by atoms with van der Waals surface area (Å²) in [7, 11) is 3.74. The van der Waals surface area contributed by atoms with Gasteiger partial charge in [-0.15, -0.1) is 0 Å². The van der Waals surface area contributed by atoms with E-state index in [1.54, 1.807) is 17.3 Å². The number of aliphatic hydroxyl groups is 1. The predicted molar refractivity (Wildman–Crippen MR) is 42.3 cm³/mol. The predicted octanol–water partition coefficient (Wildman–Crippen LogP) is 0.0349. The zero-order valence-corrected chi connectivity index (χ0v) is 6.65. The van der Waals surface area contributed by atoms with Crippen molar-refractivity contribution in [1.82, 2.24) is 9.97 Å². The molecule has 0 bridgehead atoms. The summed E-state index contributed by atoms with van der Waals surface area (Å²) in [5.41, 5.74) is 0.732. The van der Waals surface area contributed by atoms with Crippen LogP contribution in [0.3, 0.4) is 0 Å². The van der Waals surface area contributed by atoms with E-state index < -0.39 is 0 Å². The molecule has 0 amide bonds. The molecule has 0 aliphatic carbocycles. The van der Waals surface area contributed by atoms with Crippen molar-refractivity contribution in [2.45, 2.75) is 6.61 Å². The van der Waals surface area contributed by atoms with Crippen LogP contribution >= 0.6 is 0 Å². The highest BCUT2D eigenvalue weighted by Crippen LogP contribution is 2.01. The Morgan fingerprint density at radius 2 is 1.91 bits per heavy atom. The third-order valence-corrected chi connectivity index (χ3v) is 1.27. The summed E-state index contributed by atoms with van der Waals surface area (Å²) >= 11 is 0. The molecule has 0 saturated heterocycles. The van der Waals surface area contributed by atoms with Gasteiger partial charge in [-0.2, -0.15) is 0 Å². The number of anilines is 1. The number of hydrogen-bond donors (Lipinski definition) is 1. The molecule has 11 heavy (non-hydrogen) atoms. The van der Waals surface area contributed by atoms with Gasteiger partial charge in [0.15, 0.2) is 0 Å². The summed E-state index contributed by atoms with van der Waals surface area (Å²) in [6, 6.07) is 0. The van der Waals surface area contributed by atoms with E-state index in [2.05, 4.69) is 9.97 Å². The van der Waals surface area contributed by atoms with Crippen molar-refractivity contribution < 1.29 is 5.11 Å². The second-order valence-electron chi connectivity index (χ2n) is 2.44. The normalized spacial score (nSPS) is 9.73. The van der Waals surface area contributed by atoms with E-state index in [9.17, 15) is 0 Å². The summed E-state index contributed by atoms with van der Waals surface area (Å²) in [5.74, 6) is 0.655. The SMILES string of the molecule is CN(C)c1ncc(CO)cn1. The van der Waals surface area contributed by atoms with E-state index in [1.165, 1.54) is 0 Å². The zero-order chi connectivity index (χ0) is 8.27. The molecule has 0 spiro atoms. The second-order valence-corrected chi connectivity index (χ2v) is 2.44. The van der Waals surface area contributed by atoms with Gasteiger partial charge in [-0.3, -0.25) is 0 Å². The maximum Gasteiger partial charge on any atom is 0.224 e. The fourth-order valence-electron chi connectivity index (χ4n) is 0.661. The summed E-state index contributed by atoms with van der Waals surface area (Å²) in [5, 5.41) is 8.67. The molecule has 0 aliphatic heterocycles. The quantitative estimate of drug-likeness (QED) is 0.651. The zero-order valence-electron chi connectivity index (χ0n) is 6.65. The molecule has 4 heteroatoms. The molecule has 0 aromatic carbocycles. The lowest BCUT2D eigenvalue weighted by molar-refractivity contribution is 0.281. The molecule has 1 heterocycles. The Morgan fingerprint density at radius 1 is 1.36 bits per heavy atom. The monoisotopic (exact) mass is 153 g/mol. The van der Waals surface area contributed by atoms with Crippen molar-refractivity contribution >= 4 is 5.95 Å². The largest absolute Gasteiger partial charge is 0.392 e. The van der Waals surface area contributed by atoms with Gasteiger partial charge in [0.1, 0.15) is 0 Å². The van der Waals surface area contributed by atoms with Crippen LogP contribution in [0.2, 0.25) is 0 Å². The van der Waals surface area contributed by atoms with Crippen molar-refractivity contribution in [3.63, 3.8) is 0 Å². The minimum Gasteiger partial charge on any atom is -0.392 e. The van der Waals surface area contributed by atoms with E-state index in [4.69, 9.17) is 5.11 Å². The maximum absolute atomic E-state index is 8.67. The van der Waals surface area contributed by atoms with Gasteiger partial charge in [-0.1, -0.05) is 0 Å². The molecule has 1 aromatic rings. The van der Waals surface area contributed by atoms with E-state index in [0.29, 0.717) is 5.95 Å². The van der Waals surface area contributed by atoms with Gasteiger partial charge >= 0.3 is 0 Å². The highest BCUT2D eigenvalue weighted by Gasteiger charge is 1.96. The highest BCUT2D eigenvalue weighted by atomic mass is 16.3. The first-order chi connectivity index (χ1) is 5.24. The Labute approximate surface area is 65.5 Å². The van der Waals surface area contributed by atoms with Gasteiger partial charge in [-0.05, 0) is 0 Å². The molecule has 1 aromatic heterocycles. The Hall–Kier alpha value is -1.16. The summed E-state index contributed by atoms with van der Waals surface area (Å²) in [4.78, 5) is 9.81. The van der Waals surface area contributed by atoms with Crippen molar-refractivity contribution in [3.8, 4) is 0 Å². The maximum atomic E-state index is 8.67. The molecule has 0 atom stereocenters. The molecule has 4 nitrogen and oxygen atoms in total. The smallest absolute Gasteiger partial charge is 0.224 e. The number of rotatable bonds is 2. The average molecular weight is 153 g/mol. The van der Waals surface area contributed by atoms with Crippen LogP contribution in [-0.2, 0) is 6.61 Å². The Bertz CT molecular complexity index is 220. The van der Waals surface area contributed by atoms with Crippen LogP contribution in [0, 0.1) is 0 Å². The lowest BCUT2D eigenvalue weighted by Gasteiger charge is -2.08. The van der Waals surface area contributed by atoms with Crippen molar-refractivity contribution in [1.29, 1.82) is 0 Å². The third kappa shape index (κ3) is 1.88. The van der Waals surface area contributed by atoms with E-state index in [0.717, 1.165) is 5.56 Å². The first kappa shape index (κ1) is 7.94. The van der Waals surface area contributed by atoms with Crippen LogP contribution in [0.5, 0.6) is 0 Å². The lowest BCUT2D eigenvalue weighted by atomic mass is 10.4. The van der Waals surface area contributed by atoms with Crippen LogP contribution in [0.25, 0.3) is 0 Å². The standard InChI is InChI=1S/C7H11N3O/c1-10(2)7-8-3-6(5-11)4-9-7/h3-4,11H,5H2,1-2H3. The van der Waals surface area contributed by atoms with Crippen LogP contribution in [-0.4, -0.2) is 29.2 Å². The number of aliphatic hydroxyl groups excluding tert-OH is 1. The fourth-order valence-corrected chi connectivity index (χ4v) is 0.661. The van der Waals surface area contributed by atoms with E-state index >= 15 is 0 Å². The number of aromatic nitrogens is 2. The van der Waals surface area contributed by atoms with Gasteiger partial charge in [0.2, 0.25) is 5.95 Å². The highest BCUT2D eigenvalue weighted by molar-refractivity contribution is 5.26. The molecule has 0 radical (unpaired) electrons. The Kier molecular flexibility index (Phi) is 2.38.